The van der Waals surface area contributed by atoms with E-state index in [1.165, 1.54) is 10.1 Å². The molecule has 114 valence electrons. The Morgan fingerprint density at radius 3 is 2.90 bits per heavy atom. The molecule has 1 aromatic rings. The molecule has 2 rings (SSSR count). The van der Waals surface area contributed by atoms with Gasteiger partial charge >= 0.3 is 0 Å². The van der Waals surface area contributed by atoms with Gasteiger partial charge in [-0.2, -0.15) is 0 Å². The Bertz CT molecular complexity index is 562. The van der Waals surface area contributed by atoms with Crippen molar-refractivity contribution in [2.24, 2.45) is 0 Å². The molecule has 0 spiro atoms. The minimum Gasteiger partial charge on any atom is -0.393 e. The molecule has 0 bridgehead atoms. The van der Waals surface area contributed by atoms with Crippen molar-refractivity contribution in [3.05, 3.63) is 35.2 Å². The molecule has 0 saturated carbocycles. The molecule has 0 radical (unpaired) electrons. The molecule has 0 aromatic carbocycles. The normalized spacial score (nSPS) is 20.0. The van der Waals surface area contributed by atoms with Crippen LogP contribution < -0.4 is 0 Å². The lowest BCUT2D eigenvalue weighted by Crippen LogP contribution is -2.22. The number of alkyl halides is 1. The summed E-state index contributed by atoms with van der Waals surface area (Å²) in [6, 6.07) is 0. The van der Waals surface area contributed by atoms with E-state index in [1.807, 2.05) is 6.92 Å². The van der Waals surface area contributed by atoms with E-state index in [2.05, 4.69) is 6.08 Å². The smallest absolute Gasteiger partial charge is 0.192 e. The number of aliphatic hydroxyl groups excluding tert-OH is 1. The van der Waals surface area contributed by atoms with Crippen LogP contribution in [0.3, 0.4) is 0 Å². The van der Waals surface area contributed by atoms with Crippen LogP contribution in [0.15, 0.2) is 24.0 Å². The van der Waals surface area contributed by atoms with Crippen LogP contribution in [0.2, 0.25) is 0 Å². The highest BCUT2D eigenvalue weighted by atomic mass is 19.1. The van der Waals surface area contributed by atoms with Gasteiger partial charge in [0.2, 0.25) is 0 Å². The number of hydrogen-bond acceptors (Lipinski definition) is 3. The maximum Gasteiger partial charge on any atom is 0.192 e. The number of aliphatic hydroxyl groups is 1. The second kappa shape index (κ2) is 6.80. The maximum atomic E-state index is 13.3. The molecule has 1 aliphatic rings. The molecule has 4 nitrogen and oxygen atoms in total. The van der Waals surface area contributed by atoms with Gasteiger partial charge in [-0.3, -0.25) is 5.41 Å². The Labute approximate surface area is 124 Å². The second-order valence-electron chi connectivity index (χ2n) is 5.62. The number of rotatable bonds is 5. The van der Waals surface area contributed by atoms with E-state index in [4.69, 9.17) is 10.8 Å². The van der Waals surface area contributed by atoms with Crippen LogP contribution in [0.1, 0.15) is 36.8 Å². The first-order valence-corrected chi connectivity index (χ1v) is 7.28. The monoisotopic (exact) mass is 291 g/mol. The van der Waals surface area contributed by atoms with Crippen molar-refractivity contribution in [2.75, 3.05) is 0 Å². The van der Waals surface area contributed by atoms with Crippen molar-refractivity contribution < 1.29 is 9.50 Å². The molecular weight excluding hydrogens is 269 g/mol. The van der Waals surface area contributed by atoms with Gasteiger partial charge in [0.25, 0.3) is 0 Å². The molecule has 0 fully saturated rings. The van der Waals surface area contributed by atoms with Crippen molar-refractivity contribution in [2.45, 2.75) is 51.3 Å². The minimum absolute atomic E-state index is 0.195. The zero-order chi connectivity index (χ0) is 15.4. The van der Waals surface area contributed by atoms with Gasteiger partial charge in [-0.05, 0) is 50.2 Å². The summed E-state index contributed by atoms with van der Waals surface area (Å²) in [7, 11) is 0. The third-order valence-corrected chi connectivity index (χ3v) is 4.01. The largest absolute Gasteiger partial charge is 0.393 e. The quantitative estimate of drug-likeness (QED) is 0.435. The lowest BCUT2D eigenvalue weighted by atomic mass is 9.93. The molecular formula is C16H22FN3O. The first kappa shape index (κ1) is 15.6. The third-order valence-electron chi connectivity index (χ3n) is 4.01. The highest BCUT2D eigenvalue weighted by Crippen LogP contribution is 2.23. The van der Waals surface area contributed by atoms with Crippen LogP contribution in [0.4, 0.5) is 4.39 Å². The molecule has 0 saturated heterocycles. The Hall–Kier alpha value is -1.75. The van der Waals surface area contributed by atoms with Crippen LogP contribution in [-0.2, 0) is 6.42 Å². The highest BCUT2D eigenvalue weighted by molar-refractivity contribution is 5.98. The zero-order valence-corrected chi connectivity index (χ0v) is 12.3. The highest BCUT2D eigenvalue weighted by Gasteiger charge is 2.15. The number of aryl methyl sites for hydroxylation is 2. The summed E-state index contributed by atoms with van der Waals surface area (Å²) < 4.78 is 14.8. The predicted octanol–water partition coefficient (Wildman–Crippen LogP) is 3.01. The van der Waals surface area contributed by atoms with Crippen molar-refractivity contribution in [3.8, 4) is 0 Å². The second-order valence-corrected chi connectivity index (χ2v) is 5.62. The first-order valence-electron chi connectivity index (χ1n) is 7.28. The van der Waals surface area contributed by atoms with Crippen molar-refractivity contribution in [1.29, 1.82) is 10.8 Å². The summed E-state index contributed by atoms with van der Waals surface area (Å²) in [5.74, 6) is -0.223. The number of aromatic nitrogens is 1. The Kier molecular flexibility index (Phi) is 5.07. The molecule has 21 heavy (non-hydrogen) atoms. The fourth-order valence-electron chi connectivity index (χ4n) is 2.62. The summed E-state index contributed by atoms with van der Waals surface area (Å²) >= 11 is 0. The van der Waals surface area contributed by atoms with E-state index in [0.717, 1.165) is 43.2 Å². The molecule has 1 heterocycles. The topological polar surface area (TPSA) is 72.9 Å². The average Bonchev–Trinajstić information content (AvgIpc) is 2.86. The van der Waals surface area contributed by atoms with E-state index in [0.29, 0.717) is 6.21 Å². The molecule has 0 amide bonds. The van der Waals surface area contributed by atoms with E-state index in [-0.39, 0.29) is 11.9 Å². The lowest BCUT2D eigenvalue weighted by molar-refractivity contribution is 0.162. The average molecular weight is 291 g/mol. The molecule has 3 N–H and O–H groups in total. The summed E-state index contributed by atoms with van der Waals surface area (Å²) in [4.78, 5) is 0. The summed E-state index contributed by atoms with van der Waals surface area (Å²) in [6.07, 6.45) is 8.74. The van der Waals surface area contributed by atoms with Gasteiger partial charge in [-0.15, -0.1) is 0 Å². The molecule has 1 aliphatic carbocycles. The molecule has 1 aromatic heterocycles. The molecule has 5 heteroatoms. The van der Waals surface area contributed by atoms with E-state index in [9.17, 15) is 9.50 Å². The number of nitrogens with zero attached hydrogens (tertiary/aromatic N) is 1. The molecule has 2 atom stereocenters. The standard InChI is InChI=1S/C16H22FN3O/c1-11-9-20(16(19)15(17)8-18)10-13(11)5-2-12-3-6-14(21)7-4-12/h3,8-10,14-15,18-19,21H,2,4-7H2,1H3. The van der Waals surface area contributed by atoms with E-state index >= 15 is 0 Å². The van der Waals surface area contributed by atoms with Gasteiger partial charge < -0.3 is 15.1 Å². The summed E-state index contributed by atoms with van der Waals surface area (Å²) in [5, 5.41) is 24.1. The van der Waals surface area contributed by atoms with Crippen LogP contribution in [-0.4, -0.2) is 34.0 Å². The molecule has 2 unspecified atom stereocenters. The van der Waals surface area contributed by atoms with E-state index in [1.54, 1.807) is 12.4 Å². The summed E-state index contributed by atoms with van der Waals surface area (Å²) in [5.41, 5.74) is 3.50. The fourth-order valence-corrected chi connectivity index (χ4v) is 2.62. The fraction of sp³-hybridized carbons (Fsp3) is 0.500. The first-order chi connectivity index (χ1) is 10.0. The Morgan fingerprint density at radius 1 is 1.52 bits per heavy atom. The number of halogens is 1. The zero-order valence-electron chi connectivity index (χ0n) is 12.3. The number of nitrogens with one attached hydrogen (secondary N) is 2. The van der Waals surface area contributed by atoms with Gasteiger partial charge in [-0.1, -0.05) is 11.6 Å². The van der Waals surface area contributed by atoms with Crippen LogP contribution in [0.5, 0.6) is 0 Å². The van der Waals surface area contributed by atoms with Gasteiger partial charge in [0.15, 0.2) is 6.17 Å². The van der Waals surface area contributed by atoms with Crippen LogP contribution in [0.25, 0.3) is 0 Å². The Morgan fingerprint density at radius 2 is 2.29 bits per heavy atom. The van der Waals surface area contributed by atoms with Gasteiger partial charge in [0.1, 0.15) is 5.84 Å². The van der Waals surface area contributed by atoms with Gasteiger partial charge in [-0.25, -0.2) is 4.39 Å². The minimum atomic E-state index is -1.66. The van der Waals surface area contributed by atoms with Crippen LogP contribution in [0, 0.1) is 17.7 Å². The van der Waals surface area contributed by atoms with Crippen molar-refractivity contribution in [3.63, 3.8) is 0 Å². The van der Waals surface area contributed by atoms with Gasteiger partial charge in [0, 0.05) is 18.6 Å². The Balaban J connectivity index is 2.00. The summed E-state index contributed by atoms with van der Waals surface area (Å²) in [6.45, 7) is 1.95. The number of hydrogen-bond donors (Lipinski definition) is 3. The van der Waals surface area contributed by atoms with Crippen molar-refractivity contribution >= 4 is 12.1 Å². The van der Waals surface area contributed by atoms with E-state index < -0.39 is 6.17 Å². The van der Waals surface area contributed by atoms with Gasteiger partial charge in [0.05, 0.1) is 6.10 Å². The predicted molar refractivity (Wildman–Crippen MR) is 82.2 cm³/mol. The lowest BCUT2D eigenvalue weighted by Gasteiger charge is -2.17. The maximum absolute atomic E-state index is 13.3. The number of allylic oxidation sites excluding steroid dienone is 1. The molecule has 0 aliphatic heterocycles. The van der Waals surface area contributed by atoms with Crippen LogP contribution >= 0.6 is 0 Å². The third kappa shape index (κ3) is 3.88. The SMILES string of the molecule is Cc1cn(C(=N)C(F)C=N)cc1CCC1=CCC(O)CC1. The van der Waals surface area contributed by atoms with Crippen molar-refractivity contribution in [1.82, 2.24) is 4.57 Å².